The third kappa shape index (κ3) is 4.03. The average molecular weight is 331 g/mol. The Hall–Kier alpha value is -2.14. The number of furan rings is 1. The Balaban J connectivity index is 1.53. The third-order valence-corrected chi connectivity index (χ3v) is 4.44. The van der Waals surface area contributed by atoms with Gasteiger partial charge in [-0.25, -0.2) is 4.39 Å². The second kappa shape index (κ2) is 7.18. The summed E-state index contributed by atoms with van der Waals surface area (Å²) in [5.41, 5.74) is 0.416. The monoisotopic (exact) mass is 331 g/mol. The fourth-order valence-electron chi connectivity index (χ4n) is 2.75. The van der Waals surface area contributed by atoms with Crippen molar-refractivity contribution in [2.24, 2.45) is 5.92 Å². The van der Waals surface area contributed by atoms with Crippen LogP contribution in [0, 0.1) is 11.7 Å². The van der Waals surface area contributed by atoms with Crippen LogP contribution in [0.25, 0.3) is 11.3 Å². The number of carbonyl (C=O) groups excluding carboxylic acids is 1. The molecule has 0 bridgehead atoms. The first-order chi connectivity index (χ1) is 11.5. The van der Waals surface area contributed by atoms with Gasteiger partial charge in [0.25, 0.3) is 0 Å². The minimum Gasteiger partial charge on any atom is -0.461 e. The molecule has 1 atom stereocenters. The molecule has 24 heavy (non-hydrogen) atoms. The minimum atomic E-state index is -0.421. The Labute approximate surface area is 140 Å². The van der Waals surface area contributed by atoms with Crippen molar-refractivity contribution in [3.8, 4) is 11.3 Å². The van der Waals surface area contributed by atoms with Crippen LogP contribution in [-0.2, 0) is 11.2 Å². The lowest BCUT2D eigenvalue weighted by Gasteiger charge is -2.20. The van der Waals surface area contributed by atoms with Crippen LogP contribution in [0.1, 0.15) is 25.0 Å². The number of aliphatic hydroxyl groups is 1. The van der Waals surface area contributed by atoms with Crippen LogP contribution >= 0.6 is 0 Å². The predicted molar refractivity (Wildman–Crippen MR) is 88.8 cm³/mol. The second-order valence-electron chi connectivity index (χ2n) is 6.42. The lowest BCUT2D eigenvalue weighted by molar-refractivity contribution is -0.131. The Morgan fingerprint density at radius 3 is 2.79 bits per heavy atom. The van der Waals surface area contributed by atoms with Gasteiger partial charge in [0, 0.05) is 26.4 Å². The molecule has 1 heterocycles. The molecule has 2 aromatic rings. The molecule has 1 aromatic carbocycles. The number of nitrogens with zero attached hydrogens (tertiary/aromatic N) is 1. The number of likely N-dealkylation sites (N-methyl/N-ethyl adjacent to an activating group) is 1. The van der Waals surface area contributed by atoms with E-state index in [0.717, 1.165) is 12.8 Å². The van der Waals surface area contributed by atoms with Gasteiger partial charge in [-0.2, -0.15) is 0 Å². The van der Waals surface area contributed by atoms with Crippen LogP contribution in [0.3, 0.4) is 0 Å². The Morgan fingerprint density at radius 2 is 2.08 bits per heavy atom. The number of amides is 1. The van der Waals surface area contributed by atoms with Gasteiger partial charge in [-0.05, 0) is 43.0 Å². The van der Waals surface area contributed by atoms with Crippen LogP contribution < -0.4 is 0 Å². The quantitative estimate of drug-likeness (QED) is 0.847. The Morgan fingerprint density at radius 1 is 1.33 bits per heavy atom. The van der Waals surface area contributed by atoms with E-state index in [1.165, 1.54) is 6.07 Å². The van der Waals surface area contributed by atoms with Crippen LogP contribution in [-0.4, -0.2) is 35.6 Å². The van der Waals surface area contributed by atoms with Gasteiger partial charge in [0.05, 0.1) is 11.7 Å². The molecule has 0 spiro atoms. The zero-order chi connectivity index (χ0) is 17.1. The number of aliphatic hydroxyl groups excluding tert-OH is 1. The molecular weight excluding hydrogens is 309 g/mol. The highest BCUT2D eigenvalue weighted by Gasteiger charge is 2.31. The molecule has 1 fully saturated rings. The maximum Gasteiger partial charge on any atom is 0.222 e. The number of hydrogen-bond donors (Lipinski definition) is 1. The highest BCUT2D eigenvalue weighted by molar-refractivity contribution is 5.76. The first-order valence-electron chi connectivity index (χ1n) is 8.30. The number of rotatable bonds is 7. The van der Waals surface area contributed by atoms with Gasteiger partial charge in [-0.15, -0.1) is 0 Å². The van der Waals surface area contributed by atoms with Crippen molar-refractivity contribution in [3.63, 3.8) is 0 Å². The van der Waals surface area contributed by atoms with Gasteiger partial charge in [0.15, 0.2) is 0 Å². The maximum atomic E-state index is 13.8. The number of hydrogen-bond acceptors (Lipinski definition) is 3. The van der Waals surface area contributed by atoms with E-state index in [2.05, 4.69) is 0 Å². The van der Waals surface area contributed by atoms with Gasteiger partial charge in [-0.1, -0.05) is 12.1 Å². The maximum absolute atomic E-state index is 13.8. The molecule has 1 aromatic heterocycles. The van der Waals surface area contributed by atoms with Crippen molar-refractivity contribution in [1.29, 1.82) is 0 Å². The fraction of sp³-hybridized carbons (Fsp3) is 0.421. The summed E-state index contributed by atoms with van der Waals surface area (Å²) in [5.74, 6) is 1.11. The van der Waals surface area contributed by atoms with E-state index in [9.17, 15) is 14.3 Å². The molecule has 1 unspecified atom stereocenters. The van der Waals surface area contributed by atoms with Crippen molar-refractivity contribution in [2.75, 3.05) is 13.6 Å². The molecule has 1 N–H and O–H groups in total. The van der Waals surface area contributed by atoms with Crippen LogP contribution in [0.15, 0.2) is 40.8 Å². The standard InChI is InChI=1S/C19H22FNO3/c1-21(12-17(22)13-6-7-13)19(23)11-9-14-8-10-18(24-14)15-4-2-3-5-16(15)20/h2-5,8,10,13,17,22H,6-7,9,11-12H2,1H3. The van der Waals surface area contributed by atoms with Crippen molar-refractivity contribution in [3.05, 3.63) is 48.0 Å². The molecule has 128 valence electrons. The molecule has 1 aliphatic rings. The summed E-state index contributed by atoms with van der Waals surface area (Å²) in [6.07, 6.45) is 2.44. The summed E-state index contributed by atoms with van der Waals surface area (Å²) in [4.78, 5) is 13.7. The van der Waals surface area contributed by atoms with Crippen LogP contribution in [0.2, 0.25) is 0 Å². The third-order valence-electron chi connectivity index (χ3n) is 4.44. The van der Waals surface area contributed by atoms with Crippen LogP contribution in [0.5, 0.6) is 0 Å². The molecule has 1 aliphatic carbocycles. The second-order valence-corrected chi connectivity index (χ2v) is 6.42. The van der Waals surface area contributed by atoms with E-state index >= 15 is 0 Å². The van der Waals surface area contributed by atoms with Gasteiger partial charge in [0.1, 0.15) is 17.3 Å². The van der Waals surface area contributed by atoms with Crippen molar-refractivity contribution in [2.45, 2.75) is 31.8 Å². The van der Waals surface area contributed by atoms with Gasteiger partial charge in [-0.3, -0.25) is 4.79 Å². The molecule has 0 aliphatic heterocycles. The lowest BCUT2D eigenvalue weighted by atomic mass is 10.1. The predicted octanol–water partition coefficient (Wildman–Crippen LogP) is 3.25. The van der Waals surface area contributed by atoms with E-state index in [4.69, 9.17) is 4.42 Å². The van der Waals surface area contributed by atoms with Gasteiger partial charge < -0.3 is 14.4 Å². The number of halogens is 1. The molecule has 5 heteroatoms. The zero-order valence-electron chi connectivity index (χ0n) is 13.7. The smallest absolute Gasteiger partial charge is 0.222 e. The van der Waals surface area contributed by atoms with Crippen molar-refractivity contribution < 1.29 is 18.7 Å². The SMILES string of the molecule is CN(CC(O)C1CC1)C(=O)CCc1ccc(-c2ccccc2F)o1. The summed E-state index contributed by atoms with van der Waals surface area (Å²) in [6.45, 7) is 0.377. The van der Waals surface area contributed by atoms with E-state index in [1.807, 2.05) is 0 Å². The van der Waals surface area contributed by atoms with Gasteiger partial charge >= 0.3 is 0 Å². The Kier molecular flexibility index (Phi) is 5.00. The first-order valence-corrected chi connectivity index (χ1v) is 8.30. The molecule has 4 nitrogen and oxygen atoms in total. The summed E-state index contributed by atoms with van der Waals surface area (Å²) in [5, 5.41) is 9.90. The Bertz CT molecular complexity index is 708. The van der Waals surface area contributed by atoms with E-state index < -0.39 is 6.10 Å². The molecular formula is C19H22FNO3. The number of benzene rings is 1. The lowest BCUT2D eigenvalue weighted by Crippen LogP contribution is -2.35. The van der Waals surface area contributed by atoms with Crippen molar-refractivity contribution >= 4 is 5.91 Å². The average Bonchev–Trinajstić information content (AvgIpc) is 3.32. The molecule has 0 saturated heterocycles. The summed E-state index contributed by atoms with van der Waals surface area (Å²) >= 11 is 0. The van der Waals surface area contributed by atoms with E-state index in [-0.39, 0.29) is 11.7 Å². The molecule has 3 rings (SSSR count). The highest BCUT2D eigenvalue weighted by Crippen LogP contribution is 2.32. The normalized spacial score (nSPS) is 15.3. The highest BCUT2D eigenvalue weighted by atomic mass is 19.1. The van der Waals surface area contributed by atoms with Crippen molar-refractivity contribution in [1.82, 2.24) is 4.90 Å². The minimum absolute atomic E-state index is 0.0291. The summed E-state index contributed by atoms with van der Waals surface area (Å²) in [6, 6.07) is 9.93. The van der Waals surface area contributed by atoms with E-state index in [1.54, 1.807) is 42.3 Å². The topological polar surface area (TPSA) is 53.7 Å². The summed E-state index contributed by atoms with van der Waals surface area (Å²) in [7, 11) is 1.71. The van der Waals surface area contributed by atoms with Crippen LogP contribution in [0.4, 0.5) is 4.39 Å². The first kappa shape index (κ1) is 16.7. The molecule has 0 radical (unpaired) electrons. The molecule has 1 saturated carbocycles. The molecule has 1 amide bonds. The fourth-order valence-corrected chi connectivity index (χ4v) is 2.75. The van der Waals surface area contributed by atoms with Gasteiger partial charge in [0.2, 0.25) is 5.91 Å². The zero-order valence-corrected chi connectivity index (χ0v) is 13.7. The largest absolute Gasteiger partial charge is 0.461 e. The number of aryl methyl sites for hydroxylation is 1. The summed E-state index contributed by atoms with van der Waals surface area (Å²) < 4.78 is 19.4. The van der Waals surface area contributed by atoms with E-state index in [0.29, 0.717) is 42.4 Å². The number of carbonyl (C=O) groups is 1.